The van der Waals surface area contributed by atoms with Gasteiger partial charge >= 0.3 is 0 Å². The van der Waals surface area contributed by atoms with Gasteiger partial charge < -0.3 is 5.73 Å². The summed E-state index contributed by atoms with van der Waals surface area (Å²) < 4.78 is 0. The molecule has 3 aliphatic rings. The number of fused-ring (bicyclic) bond motifs is 3. The van der Waals surface area contributed by atoms with E-state index in [0.29, 0.717) is 12.0 Å². The van der Waals surface area contributed by atoms with E-state index in [0.717, 1.165) is 19.0 Å². The summed E-state index contributed by atoms with van der Waals surface area (Å²) in [5, 5.41) is 0. The monoisotopic (exact) mass is 164 g/mol. The minimum atomic E-state index is 0.501. The smallest absolute Gasteiger partial charge is 0.0356 e. The average Bonchev–Trinajstić information content (AvgIpc) is 2.18. The second kappa shape index (κ2) is 3.08. The van der Waals surface area contributed by atoms with Crippen LogP contribution in [0.4, 0.5) is 0 Å². The van der Waals surface area contributed by atoms with Gasteiger partial charge in [0, 0.05) is 25.0 Å². The van der Waals surface area contributed by atoms with Crippen LogP contribution < -0.4 is 5.73 Å². The molecule has 3 aliphatic heterocycles. The van der Waals surface area contributed by atoms with Gasteiger partial charge in [-0.3, -0.25) is 4.90 Å². The number of hydrogen-bond acceptors (Lipinski definition) is 2. The molecule has 3 saturated heterocycles. The molecule has 66 valence electrons. The molecule has 2 bridgehead atoms. The molecular weight excluding hydrogens is 148 g/mol. The maximum absolute atomic E-state index is 5.68. The van der Waals surface area contributed by atoms with Crippen LogP contribution in [0.3, 0.4) is 0 Å². The van der Waals surface area contributed by atoms with E-state index in [9.17, 15) is 0 Å². The van der Waals surface area contributed by atoms with Gasteiger partial charge in [0.15, 0.2) is 0 Å². The van der Waals surface area contributed by atoms with E-state index < -0.39 is 0 Å². The van der Waals surface area contributed by atoms with Crippen LogP contribution in [0.25, 0.3) is 0 Å². The third kappa shape index (κ3) is 1.14. The van der Waals surface area contributed by atoms with Gasteiger partial charge in [0.05, 0.1) is 0 Å². The van der Waals surface area contributed by atoms with Gasteiger partial charge in [0.2, 0.25) is 0 Å². The number of rotatable bonds is 1. The van der Waals surface area contributed by atoms with Crippen LogP contribution in [0.5, 0.6) is 0 Å². The molecule has 0 aliphatic carbocycles. The van der Waals surface area contributed by atoms with Crippen molar-refractivity contribution < 1.29 is 0 Å². The minimum absolute atomic E-state index is 0.501. The fourth-order valence-electron chi connectivity index (χ4n) is 2.57. The first-order valence-corrected chi connectivity index (χ1v) is 4.75. The van der Waals surface area contributed by atoms with Gasteiger partial charge in [-0.05, 0) is 25.3 Å². The highest BCUT2D eigenvalue weighted by Crippen LogP contribution is 2.35. The lowest BCUT2D eigenvalue weighted by Gasteiger charge is -2.48. The number of nitrogens with two attached hydrogens (primary N) is 1. The summed E-state index contributed by atoms with van der Waals surface area (Å²) in [6, 6.07) is 0.619. The second-order valence-electron chi connectivity index (χ2n) is 3.94. The van der Waals surface area contributed by atoms with Gasteiger partial charge in [0.25, 0.3) is 0 Å². The molecule has 0 saturated carbocycles. The molecule has 0 radical (unpaired) electrons. The molecular formula is C10H16N2. The Hall–Kier alpha value is -0.520. The van der Waals surface area contributed by atoms with Crippen molar-refractivity contribution in [2.24, 2.45) is 17.6 Å². The highest BCUT2D eigenvalue weighted by molar-refractivity contribution is 5.05. The highest BCUT2D eigenvalue weighted by Gasteiger charge is 2.38. The Morgan fingerprint density at radius 2 is 2.42 bits per heavy atom. The highest BCUT2D eigenvalue weighted by atomic mass is 15.2. The van der Waals surface area contributed by atoms with E-state index in [-0.39, 0.29) is 0 Å². The lowest BCUT2D eigenvalue weighted by atomic mass is 9.76. The zero-order valence-corrected chi connectivity index (χ0v) is 7.37. The third-order valence-corrected chi connectivity index (χ3v) is 3.36. The Morgan fingerprint density at radius 1 is 1.58 bits per heavy atom. The average molecular weight is 164 g/mol. The van der Waals surface area contributed by atoms with Crippen molar-refractivity contribution in [3.05, 3.63) is 0 Å². The molecule has 12 heavy (non-hydrogen) atoms. The standard InChI is InChI=1S/C10H16N2/c1-2-8-7-12-4-3-9(8)5-10(12)6-11/h1,8-10H,3-7,11H2/t8-,9+,10-/m1/s1. The maximum Gasteiger partial charge on any atom is 0.0356 e. The van der Waals surface area contributed by atoms with E-state index in [1.807, 2.05) is 0 Å². The van der Waals surface area contributed by atoms with Gasteiger partial charge in [0.1, 0.15) is 0 Å². The number of nitrogens with zero attached hydrogens (tertiary/aromatic N) is 1. The first-order valence-electron chi connectivity index (χ1n) is 4.75. The van der Waals surface area contributed by atoms with Crippen LogP contribution in [-0.2, 0) is 0 Å². The first-order chi connectivity index (χ1) is 5.85. The van der Waals surface area contributed by atoms with E-state index in [4.69, 9.17) is 12.2 Å². The fourth-order valence-corrected chi connectivity index (χ4v) is 2.57. The van der Waals surface area contributed by atoms with Gasteiger partial charge in [-0.25, -0.2) is 0 Å². The van der Waals surface area contributed by atoms with Crippen LogP contribution >= 0.6 is 0 Å². The summed E-state index contributed by atoms with van der Waals surface area (Å²) in [5.41, 5.74) is 5.68. The lowest BCUT2D eigenvalue weighted by molar-refractivity contribution is 0.0267. The van der Waals surface area contributed by atoms with Crippen LogP contribution in [0, 0.1) is 24.2 Å². The zero-order valence-electron chi connectivity index (χ0n) is 7.37. The van der Waals surface area contributed by atoms with E-state index in [1.165, 1.54) is 19.4 Å². The molecule has 3 fully saturated rings. The minimum Gasteiger partial charge on any atom is -0.329 e. The van der Waals surface area contributed by atoms with Crippen molar-refractivity contribution in [1.29, 1.82) is 0 Å². The topological polar surface area (TPSA) is 29.3 Å². The largest absolute Gasteiger partial charge is 0.329 e. The normalized spacial score (nSPS) is 45.7. The molecule has 4 atom stereocenters. The molecule has 2 N–H and O–H groups in total. The van der Waals surface area contributed by atoms with Crippen LogP contribution in [0.15, 0.2) is 0 Å². The quantitative estimate of drug-likeness (QED) is 0.564. The van der Waals surface area contributed by atoms with Gasteiger partial charge in [-0.1, -0.05) is 0 Å². The summed E-state index contributed by atoms with van der Waals surface area (Å²) in [6.45, 7) is 3.10. The molecule has 0 aromatic rings. The summed E-state index contributed by atoms with van der Waals surface area (Å²) in [7, 11) is 0. The van der Waals surface area contributed by atoms with E-state index in [1.54, 1.807) is 0 Å². The summed E-state index contributed by atoms with van der Waals surface area (Å²) in [6.07, 6.45) is 7.98. The van der Waals surface area contributed by atoms with Crippen molar-refractivity contribution in [2.45, 2.75) is 18.9 Å². The molecule has 3 rings (SSSR count). The Morgan fingerprint density at radius 3 is 2.92 bits per heavy atom. The third-order valence-electron chi connectivity index (χ3n) is 3.36. The van der Waals surface area contributed by atoms with E-state index in [2.05, 4.69) is 10.8 Å². The molecule has 0 spiro atoms. The summed E-state index contributed by atoms with van der Waals surface area (Å²) in [4.78, 5) is 2.46. The first kappa shape index (κ1) is 8.10. The Labute approximate surface area is 74.1 Å². The molecule has 1 unspecified atom stereocenters. The maximum atomic E-state index is 5.68. The van der Waals surface area contributed by atoms with Gasteiger partial charge in [-0.15, -0.1) is 12.3 Å². The molecule has 2 nitrogen and oxygen atoms in total. The predicted molar refractivity (Wildman–Crippen MR) is 49.5 cm³/mol. The Balaban J connectivity index is 2.07. The fraction of sp³-hybridized carbons (Fsp3) is 0.800. The summed E-state index contributed by atoms with van der Waals surface area (Å²) in [5.74, 6) is 4.16. The molecule has 0 aromatic carbocycles. The SMILES string of the molecule is C#C[C@@H]1CN2CC[C@H]1C[C@@H]2CN. The van der Waals surface area contributed by atoms with Gasteiger partial charge in [-0.2, -0.15) is 0 Å². The Kier molecular flexibility index (Phi) is 2.08. The molecule has 0 aromatic heterocycles. The van der Waals surface area contributed by atoms with Crippen molar-refractivity contribution >= 4 is 0 Å². The number of hydrogen-bond donors (Lipinski definition) is 1. The molecule has 3 heterocycles. The number of piperidine rings is 3. The Bertz CT molecular complexity index is 206. The zero-order chi connectivity index (χ0) is 8.55. The lowest BCUT2D eigenvalue weighted by Crippen LogP contribution is -2.55. The van der Waals surface area contributed by atoms with Crippen LogP contribution in [0.2, 0.25) is 0 Å². The van der Waals surface area contributed by atoms with Crippen molar-refractivity contribution in [1.82, 2.24) is 4.90 Å². The second-order valence-corrected chi connectivity index (χ2v) is 3.94. The van der Waals surface area contributed by atoms with Crippen molar-refractivity contribution in [3.8, 4) is 12.3 Å². The van der Waals surface area contributed by atoms with Crippen LogP contribution in [-0.4, -0.2) is 30.6 Å². The van der Waals surface area contributed by atoms with Crippen LogP contribution in [0.1, 0.15) is 12.8 Å². The van der Waals surface area contributed by atoms with Crippen molar-refractivity contribution in [2.75, 3.05) is 19.6 Å². The molecule has 0 amide bonds. The number of terminal acetylenes is 1. The van der Waals surface area contributed by atoms with E-state index >= 15 is 0 Å². The predicted octanol–water partition coefficient (Wildman–Crippen LogP) is 0.289. The van der Waals surface area contributed by atoms with Crippen molar-refractivity contribution in [3.63, 3.8) is 0 Å². The molecule has 2 heteroatoms. The summed E-state index contributed by atoms with van der Waals surface area (Å²) >= 11 is 0.